The maximum Gasteiger partial charge on any atom is 0.251 e. The van der Waals surface area contributed by atoms with Crippen molar-refractivity contribution in [3.05, 3.63) is 59.7 Å². The molecule has 7 heteroatoms. The second-order valence-electron chi connectivity index (χ2n) is 7.35. The molecular formula is C22H28N2O4S. The zero-order valence-electron chi connectivity index (χ0n) is 16.9. The van der Waals surface area contributed by atoms with E-state index in [9.17, 15) is 13.2 Å². The molecule has 1 unspecified atom stereocenters. The summed E-state index contributed by atoms with van der Waals surface area (Å²) in [5.41, 5.74) is 1.46. The van der Waals surface area contributed by atoms with Crippen LogP contribution in [0, 0.1) is 6.92 Å². The first-order chi connectivity index (χ1) is 13.9. The molecule has 2 aromatic rings. The van der Waals surface area contributed by atoms with E-state index in [-0.39, 0.29) is 16.8 Å². The van der Waals surface area contributed by atoms with Gasteiger partial charge in [-0.3, -0.25) is 4.79 Å². The van der Waals surface area contributed by atoms with Crippen LogP contribution in [0.15, 0.2) is 53.4 Å². The molecule has 0 aromatic heterocycles. The molecular weight excluding hydrogens is 388 g/mol. The Hall–Kier alpha value is -2.38. The number of nitrogens with zero attached hydrogens (tertiary/aromatic N) is 1. The zero-order valence-corrected chi connectivity index (χ0v) is 17.7. The van der Waals surface area contributed by atoms with Crippen molar-refractivity contribution >= 4 is 15.9 Å². The lowest BCUT2D eigenvalue weighted by atomic mass is 10.1. The van der Waals surface area contributed by atoms with E-state index in [2.05, 4.69) is 5.32 Å². The number of carbonyl (C=O) groups excluding carboxylic acids is 1. The standard InChI is InChI=1S/C22H28N2O4S/c1-17-7-3-4-9-21(17)28-16-14-23-22(25)19-10-12-20(13-11-19)29(26,27)24-15-6-5-8-18(24)2/h3-4,7,9-13,18H,5-6,8,14-16H2,1-2H3,(H,23,25). The number of amides is 1. The SMILES string of the molecule is Cc1ccccc1OCCNC(=O)c1ccc(S(=O)(=O)N2CCCCC2C)cc1. The molecule has 0 bridgehead atoms. The lowest BCUT2D eigenvalue weighted by Crippen LogP contribution is -2.41. The quantitative estimate of drug-likeness (QED) is 0.702. The van der Waals surface area contributed by atoms with Crippen molar-refractivity contribution < 1.29 is 17.9 Å². The van der Waals surface area contributed by atoms with Gasteiger partial charge < -0.3 is 10.1 Å². The van der Waals surface area contributed by atoms with E-state index in [0.29, 0.717) is 25.3 Å². The lowest BCUT2D eigenvalue weighted by Gasteiger charge is -2.32. The van der Waals surface area contributed by atoms with Gasteiger partial charge in [0.05, 0.1) is 11.4 Å². The number of hydrogen-bond acceptors (Lipinski definition) is 4. The van der Waals surface area contributed by atoms with Gasteiger partial charge in [0.1, 0.15) is 12.4 Å². The summed E-state index contributed by atoms with van der Waals surface area (Å²) in [6, 6.07) is 13.8. The van der Waals surface area contributed by atoms with Gasteiger partial charge in [-0.2, -0.15) is 4.31 Å². The molecule has 2 aromatic carbocycles. The third-order valence-corrected chi connectivity index (χ3v) is 7.23. The average molecular weight is 417 g/mol. The minimum atomic E-state index is -3.53. The van der Waals surface area contributed by atoms with E-state index < -0.39 is 10.0 Å². The Labute approximate surface area is 172 Å². The maximum atomic E-state index is 12.9. The first kappa shape index (κ1) is 21.3. The topological polar surface area (TPSA) is 75.7 Å². The Morgan fingerprint density at radius 2 is 1.86 bits per heavy atom. The molecule has 29 heavy (non-hydrogen) atoms. The number of carbonyl (C=O) groups is 1. The van der Waals surface area contributed by atoms with Crippen LogP contribution in [0.1, 0.15) is 42.1 Å². The zero-order chi connectivity index (χ0) is 20.9. The fourth-order valence-corrected chi connectivity index (χ4v) is 5.19. The molecule has 0 saturated carbocycles. The molecule has 1 heterocycles. The first-order valence-corrected chi connectivity index (χ1v) is 11.4. The fourth-order valence-electron chi connectivity index (χ4n) is 3.49. The van der Waals surface area contributed by atoms with E-state index in [0.717, 1.165) is 30.6 Å². The molecule has 3 rings (SSSR count). The minimum Gasteiger partial charge on any atom is -0.491 e. The van der Waals surface area contributed by atoms with Crippen LogP contribution >= 0.6 is 0 Å². The number of nitrogens with one attached hydrogen (secondary N) is 1. The van der Waals surface area contributed by atoms with Crippen LogP contribution in [0.25, 0.3) is 0 Å². The van der Waals surface area contributed by atoms with Gasteiger partial charge in [0.25, 0.3) is 5.91 Å². The van der Waals surface area contributed by atoms with Gasteiger partial charge in [-0.15, -0.1) is 0 Å². The first-order valence-electron chi connectivity index (χ1n) is 9.98. The predicted molar refractivity (Wildman–Crippen MR) is 113 cm³/mol. The smallest absolute Gasteiger partial charge is 0.251 e. The molecule has 1 N–H and O–H groups in total. The number of ether oxygens (including phenoxy) is 1. The van der Waals surface area contributed by atoms with Gasteiger partial charge in [0.15, 0.2) is 0 Å². The summed E-state index contributed by atoms with van der Waals surface area (Å²) >= 11 is 0. The summed E-state index contributed by atoms with van der Waals surface area (Å²) in [5, 5.41) is 2.79. The van der Waals surface area contributed by atoms with E-state index in [4.69, 9.17) is 4.74 Å². The summed E-state index contributed by atoms with van der Waals surface area (Å²) in [6.07, 6.45) is 2.82. The van der Waals surface area contributed by atoms with Crippen LogP contribution < -0.4 is 10.1 Å². The highest BCUT2D eigenvalue weighted by molar-refractivity contribution is 7.89. The van der Waals surface area contributed by atoms with Crippen LogP contribution in [0.4, 0.5) is 0 Å². The Balaban J connectivity index is 1.55. The van der Waals surface area contributed by atoms with Crippen LogP contribution in [-0.2, 0) is 10.0 Å². The average Bonchev–Trinajstić information content (AvgIpc) is 2.72. The Morgan fingerprint density at radius 3 is 2.55 bits per heavy atom. The third-order valence-electron chi connectivity index (χ3n) is 5.20. The van der Waals surface area contributed by atoms with Crippen molar-refractivity contribution in [3.63, 3.8) is 0 Å². The van der Waals surface area contributed by atoms with Crippen molar-refractivity contribution in [2.24, 2.45) is 0 Å². The van der Waals surface area contributed by atoms with Gasteiger partial charge in [0, 0.05) is 18.2 Å². The van der Waals surface area contributed by atoms with E-state index in [1.807, 2.05) is 38.1 Å². The van der Waals surface area contributed by atoms with Crippen LogP contribution in [0.5, 0.6) is 5.75 Å². The summed E-state index contributed by atoms with van der Waals surface area (Å²) in [5.74, 6) is 0.539. The largest absolute Gasteiger partial charge is 0.491 e. The molecule has 0 spiro atoms. The molecule has 0 aliphatic carbocycles. The summed E-state index contributed by atoms with van der Waals surface area (Å²) in [6.45, 7) is 5.17. The Morgan fingerprint density at radius 1 is 1.14 bits per heavy atom. The summed E-state index contributed by atoms with van der Waals surface area (Å²) in [7, 11) is -3.53. The molecule has 1 aliphatic heterocycles. The number of piperidine rings is 1. The van der Waals surface area contributed by atoms with Crippen molar-refractivity contribution in [3.8, 4) is 5.75 Å². The molecule has 1 aliphatic rings. The van der Waals surface area contributed by atoms with Gasteiger partial charge in [-0.1, -0.05) is 24.6 Å². The molecule has 156 valence electrons. The highest BCUT2D eigenvalue weighted by Crippen LogP contribution is 2.25. The maximum absolute atomic E-state index is 12.9. The number of hydrogen-bond donors (Lipinski definition) is 1. The Bertz CT molecular complexity index is 942. The van der Waals surface area contributed by atoms with Gasteiger partial charge in [0.2, 0.25) is 10.0 Å². The van der Waals surface area contributed by atoms with Gasteiger partial charge in [-0.05, 0) is 62.6 Å². The highest BCUT2D eigenvalue weighted by Gasteiger charge is 2.30. The van der Waals surface area contributed by atoms with Gasteiger partial charge in [-0.25, -0.2) is 8.42 Å². The molecule has 0 radical (unpaired) electrons. The van der Waals surface area contributed by atoms with E-state index in [1.54, 1.807) is 16.4 Å². The number of para-hydroxylation sites is 1. The molecule has 1 amide bonds. The molecule has 1 atom stereocenters. The van der Waals surface area contributed by atoms with Crippen molar-refractivity contribution in [2.75, 3.05) is 19.7 Å². The van der Waals surface area contributed by atoms with Crippen LogP contribution in [0.2, 0.25) is 0 Å². The second-order valence-corrected chi connectivity index (χ2v) is 9.25. The molecule has 1 saturated heterocycles. The van der Waals surface area contributed by atoms with E-state index in [1.165, 1.54) is 12.1 Å². The highest BCUT2D eigenvalue weighted by atomic mass is 32.2. The lowest BCUT2D eigenvalue weighted by molar-refractivity contribution is 0.0947. The van der Waals surface area contributed by atoms with Crippen molar-refractivity contribution in [1.29, 1.82) is 0 Å². The number of aryl methyl sites for hydroxylation is 1. The normalized spacial score (nSPS) is 17.7. The number of sulfonamides is 1. The van der Waals surface area contributed by atoms with Crippen molar-refractivity contribution in [2.45, 2.75) is 44.0 Å². The number of rotatable bonds is 7. The van der Waals surface area contributed by atoms with Gasteiger partial charge >= 0.3 is 0 Å². The molecule has 1 fully saturated rings. The summed E-state index contributed by atoms with van der Waals surface area (Å²) in [4.78, 5) is 12.5. The summed E-state index contributed by atoms with van der Waals surface area (Å²) < 4.78 is 32.9. The minimum absolute atomic E-state index is 0.00461. The van der Waals surface area contributed by atoms with Crippen molar-refractivity contribution in [1.82, 2.24) is 9.62 Å². The third kappa shape index (κ3) is 5.16. The predicted octanol–water partition coefficient (Wildman–Crippen LogP) is 3.37. The fraction of sp³-hybridized carbons (Fsp3) is 0.409. The number of benzene rings is 2. The monoisotopic (exact) mass is 416 g/mol. The Kier molecular flexibility index (Phi) is 6.92. The van der Waals surface area contributed by atoms with E-state index >= 15 is 0 Å². The van der Waals surface area contributed by atoms with Crippen LogP contribution in [0.3, 0.4) is 0 Å². The van der Waals surface area contributed by atoms with Crippen LogP contribution in [-0.4, -0.2) is 44.4 Å². The molecule has 6 nitrogen and oxygen atoms in total. The second kappa shape index (κ2) is 9.41.